The van der Waals surface area contributed by atoms with Crippen molar-refractivity contribution >= 4 is 11.8 Å². The van der Waals surface area contributed by atoms with E-state index < -0.39 is 18.7 Å². The molecule has 5 nitrogen and oxygen atoms in total. The Morgan fingerprint density at radius 3 is 2.74 bits per heavy atom. The fourth-order valence-corrected chi connectivity index (χ4v) is 1.76. The minimum absolute atomic E-state index is 0.0262. The second kappa shape index (κ2) is 5.02. The normalized spacial score (nSPS) is 15.2. The zero-order valence-electron chi connectivity index (χ0n) is 10.1. The Labute approximate surface area is 107 Å². The van der Waals surface area contributed by atoms with Crippen molar-refractivity contribution < 1.29 is 22.7 Å². The monoisotopic (exact) mass is 275 g/mol. The van der Waals surface area contributed by atoms with Crippen LogP contribution in [0.25, 0.3) is 0 Å². The van der Waals surface area contributed by atoms with Gasteiger partial charge >= 0.3 is 12.1 Å². The van der Waals surface area contributed by atoms with Crippen LogP contribution in [0.3, 0.4) is 0 Å². The maximum Gasteiger partial charge on any atom is 0.405 e. The molecule has 0 spiro atoms. The number of carbonyl (C=O) groups is 1. The second-order valence-corrected chi connectivity index (χ2v) is 4.23. The Bertz CT molecular complexity index is 474. The Morgan fingerprint density at radius 1 is 1.53 bits per heavy atom. The van der Waals surface area contributed by atoms with Gasteiger partial charge in [-0.15, -0.1) is 0 Å². The third-order valence-corrected chi connectivity index (χ3v) is 2.71. The molecule has 0 unspecified atom stereocenters. The average molecular weight is 275 g/mol. The SMILES string of the molecule is COC(=O)c1cncnc1N(CC(F)(F)F)C1CC1. The van der Waals surface area contributed by atoms with Crippen LogP contribution in [0.5, 0.6) is 0 Å². The molecule has 0 saturated heterocycles. The lowest BCUT2D eigenvalue weighted by Gasteiger charge is -2.25. The zero-order valence-corrected chi connectivity index (χ0v) is 10.1. The minimum atomic E-state index is -4.36. The van der Waals surface area contributed by atoms with Crippen LogP contribution >= 0.6 is 0 Å². The van der Waals surface area contributed by atoms with Crippen LogP contribution < -0.4 is 4.90 Å². The predicted octanol–water partition coefficient (Wildman–Crippen LogP) is 1.79. The number of halogens is 3. The molecule has 0 amide bonds. The molecule has 0 aliphatic heterocycles. The fourth-order valence-electron chi connectivity index (χ4n) is 1.76. The highest BCUT2D eigenvalue weighted by Crippen LogP contribution is 2.34. The smallest absolute Gasteiger partial charge is 0.405 e. The maximum atomic E-state index is 12.6. The van der Waals surface area contributed by atoms with Crippen molar-refractivity contribution in [2.45, 2.75) is 25.1 Å². The number of methoxy groups -OCH3 is 1. The quantitative estimate of drug-likeness (QED) is 0.784. The van der Waals surface area contributed by atoms with Crippen LogP contribution in [0.4, 0.5) is 19.0 Å². The van der Waals surface area contributed by atoms with Crippen molar-refractivity contribution in [3.05, 3.63) is 18.1 Å². The summed E-state index contributed by atoms with van der Waals surface area (Å²) in [6, 6.07) is -0.236. The molecule has 104 valence electrons. The largest absolute Gasteiger partial charge is 0.465 e. The molecule has 0 aromatic carbocycles. The number of nitrogens with zero attached hydrogens (tertiary/aromatic N) is 3. The third kappa shape index (κ3) is 3.33. The van der Waals surface area contributed by atoms with Crippen molar-refractivity contribution in [1.29, 1.82) is 0 Å². The molecule has 8 heteroatoms. The van der Waals surface area contributed by atoms with Gasteiger partial charge in [0.05, 0.1) is 7.11 Å². The molecule has 0 bridgehead atoms. The van der Waals surface area contributed by atoms with Gasteiger partial charge in [0.25, 0.3) is 0 Å². The number of anilines is 1. The number of carbonyl (C=O) groups excluding carboxylic acids is 1. The number of hydrogen-bond acceptors (Lipinski definition) is 5. The molecule has 1 fully saturated rings. The minimum Gasteiger partial charge on any atom is -0.465 e. The van der Waals surface area contributed by atoms with E-state index in [1.54, 1.807) is 0 Å². The molecule has 19 heavy (non-hydrogen) atoms. The van der Waals surface area contributed by atoms with E-state index >= 15 is 0 Å². The van der Waals surface area contributed by atoms with E-state index in [1.165, 1.54) is 6.20 Å². The summed E-state index contributed by atoms with van der Waals surface area (Å²) in [5.41, 5.74) is -0.0545. The molecule has 1 heterocycles. The first kappa shape index (κ1) is 13.6. The number of hydrogen-bond donors (Lipinski definition) is 0. The van der Waals surface area contributed by atoms with Crippen molar-refractivity contribution in [2.24, 2.45) is 0 Å². The lowest BCUT2D eigenvalue weighted by atomic mass is 10.2. The van der Waals surface area contributed by atoms with E-state index in [-0.39, 0.29) is 17.4 Å². The van der Waals surface area contributed by atoms with Gasteiger partial charge in [-0.05, 0) is 12.8 Å². The first-order valence-corrected chi connectivity index (χ1v) is 5.64. The molecule has 0 radical (unpaired) electrons. The Hall–Kier alpha value is -1.86. The number of esters is 1. The van der Waals surface area contributed by atoms with Crippen molar-refractivity contribution in [3.63, 3.8) is 0 Å². The molecular formula is C11H12F3N3O2. The summed E-state index contributed by atoms with van der Waals surface area (Å²) in [4.78, 5) is 20.1. The number of alkyl halides is 3. The molecular weight excluding hydrogens is 263 g/mol. The van der Waals surface area contributed by atoms with Gasteiger partial charge in [-0.2, -0.15) is 13.2 Å². The van der Waals surface area contributed by atoms with Gasteiger partial charge in [-0.1, -0.05) is 0 Å². The third-order valence-electron chi connectivity index (χ3n) is 2.71. The predicted molar refractivity (Wildman–Crippen MR) is 59.8 cm³/mol. The van der Waals surface area contributed by atoms with E-state index in [2.05, 4.69) is 14.7 Å². The summed E-state index contributed by atoms with van der Waals surface area (Å²) >= 11 is 0. The molecule has 1 aromatic rings. The molecule has 0 N–H and O–H groups in total. The highest BCUT2D eigenvalue weighted by atomic mass is 19.4. The lowest BCUT2D eigenvalue weighted by Crippen LogP contribution is -2.37. The van der Waals surface area contributed by atoms with Crippen LogP contribution in [-0.4, -0.2) is 41.8 Å². The highest BCUT2D eigenvalue weighted by Gasteiger charge is 2.40. The van der Waals surface area contributed by atoms with Crippen molar-refractivity contribution in [1.82, 2.24) is 9.97 Å². The summed E-state index contributed by atoms with van der Waals surface area (Å²) in [7, 11) is 1.16. The van der Waals surface area contributed by atoms with Gasteiger partial charge in [0.1, 0.15) is 24.3 Å². The molecule has 1 aromatic heterocycles. The molecule has 2 rings (SSSR count). The van der Waals surface area contributed by atoms with E-state index in [0.717, 1.165) is 18.3 Å². The van der Waals surface area contributed by atoms with E-state index in [0.29, 0.717) is 12.8 Å². The van der Waals surface area contributed by atoms with Crippen LogP contribution in [0.2, 0.25) is 0 Å². The van der Waals surface area contributed by atoms with E-state index in [1.807, 2.05) is 0 Å². The average Bonchev–Trinajstić information content (AvgIpc) is 3.18. The number of ether oxygens (including phenoxy) is 1. The first-order chi connectivity index (χ1) is 8.92. The van der Waals surface area contributed by atoms with E-state index in [9.17, 15) is 18.0 Å². The first-order valence-electron chi connectivity index (χ1n) is 5.64. The van der Waals surface area contributed by atoms with E-state index in [4.69, 9.17) is 0 Å². The van der Waals surface area contributed by atoms with Gasteiger partial charge in [0.15, 0.2) is 0 Å². The Kier molecular flexibility index (Phi) is 3.59. The van der Waals surface area contributed by atoms with Crippen LogP contribution in [0.15, 0.2) is 12.5 Å². The summed E-state index contributed by atoms with van der Waals surface area (Å²) in [5.74, 6) is -0.773. The van der Waals surface area contributed by atoms with Gasteiger partial charge in [-0.3, -0.25) is 0 Å². The topological polar surface area (TPSA) is 55.3 Å². The van der Waals surface area contributed by atoms with Gasteiger partial charge in [-0.25, -0.2) is 14.8 Å². The molecule has 0 atom stereocenters. The Morgan fingerprint density at radius 2 is 2.21 bits per heavy atom. The van der Waals surface area contributed by atoms with Crippen LogP contribution in [0, 0.1) is 0 Å². The van der Waals surface area contributed by atoms with Crippen LogP contribution in [-0.2, 0) is 4.74 Å². The number of rotatable bonds is 4. The van der Waals surface area contributed by atoms with Gasteiger partial charge in [0, 0.05) is 12.2 Å². The summed E-state index contributed by atoms with van der Waals surface area (Å²) < 4.78 is 42.3. The summed E-state index contributed by atoms with van der Waals surface area (Å²) in [6.45, 7) is -1.14. The molecule has 1 aliphatic rings. The summed E-state index contributed by atoms with van der Waals surface area (Å²) in [6.07, 6.45) is -0.768. The molecule has 1 saturated carbocycles. The van der Waals surface area contributed by atoms with Crippen molar-refractivity contribution in [3.8, 4) is 0 Å². The fraction of sp³-hybridized carbons (Fsp3) is 0.545. The maximum absolute atomic E-state index is 12.6. The Balaban J connectivity index is 2.34. The highest BCUT2D eigenvalue weighted by molar-refractivity contribution is 5.94. The van der Waals surface area contributed by atoms with Gasteiger partial charge < -0.3 is 9.64 Å². The van der Waals surface area contributed by atoms with Gasteiger partial charge in [0.2, 0.25) is 0 Å². The lowest BCUT2D eigenvalue weighted by molar-refractivity contribution is -0.120. The second-order valence-electron chi connectivity index (χ2n) is 4.23. The molecule has 1 aliphatic carbocycles. The van der Waals surface area contributed by atoms with Crippen molar-refractivity contribution in [2.75, 3.05) is 18.6 Å². The number of aromatic nitrogens is 2. The summed E-state index contributed by atoms with van der Waals surface area (Å²) in [5, 5.41) is 0. The standard InChI is InChI=1S/C11H12F3N3O2/c1-19-10(18)8-4-15-6-16-9(8)17(7-2-3-7)5-11(12,13)14/h4,6-7H,2-3,5H2,1H3. The van der Waals surface area contributed by atoms with Crippen LogP contribution in [0.1, 0.15) is 23.2 Å². The zero-order chi connectivity index (χ0) is 14.0.